The predicted octanol–water partition coefficient (Wildman–Crippen LogP) is 6.68. The maximum Gasteiger partial charge on any atom is 0.227 e. The number of anilines is 2. The number of para-hydroxylation sites is 2. The van der Waals surface area contributed by atoms with Gasteiger partial charge in [-0.15, -0.1) is 0 Å². The normalized spacial score (nSPS) is 10.7. The molecule has 0 aromatic heterocycles. The first kappa shape index (κ1) is 31.0. The second-order valence-corrected chi connectivity index (χ2v) is 10.7. The van der Waals surface area contributed by atoms with Crippen molar-refractivity contribution in [3.63, 3.8) is 0 Å². The molecule has 5 aromatic carbocycles. The molecule has 0 saturated carbocycles. The fraction of sp³-hybridized carbons (Fsp3) is 0.162. The third-order valence-corrected chi connectivity index (χ3v) is 7.36. The van der Waals surface area contributed by atoms with Crippen LogP contribution in [0.3, 0.4) is 0 Å². The van der Waals surface area contributed by atoms with Crippen molar-refractivity contribution in [3.8, 4) is 11.5 Å². The number of amides is 3. The minimum atomic E-state index is -0.229. The average molecular weight is 601 g/mol. The van der Waals surface area contributed by atoms with Crippen LogP contribution in [0.2, 0.25) is 0 Å². The van der Waals surface area contributed by atoms with Gasteiger partial charge in [0.15, 0.2) is 5.75 Å². The molecule has 3 amide bonds. The lowest BCUT2D eigenvalue weighted by atomic mass is 10.0. The minimum Gasteiger partial charge on any atom is -0.455 e. The summed E-state index contributed by atoms with van der Waals surface area (Å²) in [4.78, 5) is 39.9. The summed E-state index contributed by atoms with van der Waals surface area (Å²) in [5.41, 5.74) is 9.84. The third kappa shape index (κ3) is 8.34. The van der Waals surface area contributed by atoms with E-state index < -0.39 is 0 Å². The van der Waals surface area contributed by atoms with Crippen LogP contribution >= 0.6 is 0 Å². The molecular formula is C37H36N4O4. The lowest BCUT2D eigenvalue weighted by molar-refractivity contribution is -0.125. The van der Waals surface area contributed by atoms with Gasteiger partial charge < -0.3 is 26.0 Å². The number of rotatable bonds is 12. The van der Waals surface area contributed by atoms with Crippen LogP contribution in [0.4, 0.5) is 11.4 Å². The van der Waals surface area contributed by atoms with Crippen LogP contribution in [-0.2, 0) is 34.0 Å². The van der Waals surface area contributed by atoms with E-state index in [4.69, 9.17) is 10.5 Å². The van der Waals surface area contributed by atoms with E-state index in [1.807, 2.05) is 103 Å². The molecule has 0 radical (unpaired) electrons. The van der Waals surface area contributed by atoms with Crippen LogP contribution in [0.1, 0.15) is 36.5 Å². The van der Waals surface area contributed by atoms with Crippen molar-refractivity contribution in [2.75, 3.05) is 10.2 Å². The van der Waals surface area contributed by atoms with E-state index in [0.29, 0.717) is 36.0 Å². The first-order valence-electron chi connectivity index (χ1n) is 14.9. The van der Waals surface area contributed by atoms with Crippen molar-refractivity contribution in [2.45, 2.75) is 39.4 Å². The van der Waals surface area contributed by atoms with Crippen LogP contribution < -0.4 is 26.0 Å². The molecule has 0 aliphatic heterocycles. The second kappa shape index (κ2) is 14.8. The number of benzene rings is 5. The molecular weight excluding hydrogens is 564 g/mol. The number of nitrogens with one attached hydrogen (secondary N) is 2. The topological polar surface area (TPSA) is 114 Å². The molecule has 0 atom stereocenters. The smallest absolute Gasteiger partial charge is 0.227 e. The predicted molar refractivity (Wildman–Crippen MR) is 178 cm³/mol. The highest BCUT2D eigenvalue weighted by Crippen LogP contribution is 2.34. The van der Waals surface area contributed by atoms with Gasteiger partial charge in [-0.05, 0) is 63.9 Å². The van der Waals surface area contributed by atoms with Crippen molar-refractivity contribution in [3.05, 3.63) is 132 Å². The highest BCUT2D eigenvalue weighted by molar-refractivity contribution is 5.97. The van der Waals surface area contributed by atoms with Crippen LogP contribution in [0.15, 0.2) is 115 Å². The number of hydrogen-bond acceptors (Lipinski definition) is 5. The van der Waals surface area contributed by atoms with E-state index in [2.05, 4.69) is 10.6 Å². The lowest BCUT2D eigenvalue weighted by Gasteiger charge is -2.25. The van der Waals surface area contributed by atoms with Crippen LogP contribution in [0, 0.1) is 0 Å². The number of hydrogen-bond donors (Lipinski definition) is 3. The molecule has 5 aromatic rings. The number of carbonyl (C=O) groups is 3. The Kier molecular flexibility index (Phi) is 10.2. The fourth-order valence-corrected chi connectivity index (χ4v) is 5.10. The molecule has 4 N–H and O–H groups in total. The summed E-state index contributed by atoms with van der Waals surface area (Å²) in [6, 6.07) is 36.2. The molecule has 0 aliphatic rings. The SMILES string of the molecule is CC(=O)Nc1ccc(CN(C(=O)CCC(=O)NCc2cccc3ccccc23)c2ccccc2Oc2cccc(CN)c2)cc1. The molecule has 0 heterocycles. The van der Waals surface area contributed by atoms with Crippen molar-refractivity contribution in [2.24, 2.45) is 5.73 Å². The van der Waals surface area contributed by atoms with Crippen LogP contribution in [-0.4, -0.2) is 17.7 Å². The maximum absolute atomic E-state index is 13.8. The van der Waals surface area contributed by atoms with Gasteiger partial charge in [-0.3, -0.25) is 14.4 Å². The van der Waals surface area contributed by atoms with Gasteiger partial charge in [0.1, 0.15) is 5.75 Å². The fourth-order valence-electron chi connectivity index (χ4n) is 5.10. The molecule has 0 spiro atoms. The highest BCUT2D eigenvalue weighted by atomic mass is 16.5. The Hall–Kier alpha value is -5.47. The molecule has 0 unspecified atom stereocenters. The summed E-state index contributed by atoms with van der Waals surface area (Å²) in [7, 11) is 0. The number of nitrogens with zero attached hydrogens (tertiary/aromatic N) is 1. The summed E-state index contributed by atoms with van der Waals surface area (Å²) in [6.07, 6.45) is 0.0332. The van der Waals surface area contributed by atoms with E-state index >= 15 is 0 Å². The Balaban J connectivity index is 1.33. The van der Waals surface area contributed by atoms with Crippen molar-refractivity contribution >= 4 is 39.9 Å². The molecule has 0 aliphatic carbocycles. The van der Waals surface area contributed by atoms with E-state index in [-0.39, 0.29) is 37.1 Å². The number of ether oxygens (including phenoxy) is 1. The standard InChI is InChI=1S/C37H36N4O4/c1-26(42)40-31-18-16-27(17-19-31)25-41(34-14-4-5-15-35(34)45-32-12-6-8-28(22-32)23-38)37(44)21-20-36(43)39-24-30-11-7-10-29-9-2-3-13-33(29)30/h2-19,22H,20-21,23-25,38H2,1H3,(H,39,43)(H,40,42). The van der Waals surface area contributed by atoms with Crippen molar-refractivity contribution in [1.82, 2.24) is 5.32 Å². The Morgan fingerprint density at radius 3 is 2.31 bits per heavy atom. The molecule has 45 heavy (non-hydrogen) atoms. The minimum absolute atomic E-state index is 0.00232. The van der Waals surface area contributed by atoms with Crippen molar-refractivity contribution in [1.29, 1.82) is 0 Å². The summed E-state index contributed by atoms with van der Waals surface area (Å²) in [6.45, 7) is 2.43. The largest absolute Gasteiger partial charge is 0.455 e. The third-order valence-electron chi connectivity index (χ3n) is 7.36. The maximum atomic E-state index is 13.8. The summed E-state index contributed by atoms with van der Waals surface area (Å²) in [5.74, 6) is 0.496. The molecule has 0 bridgehead atoms. The van der Waals surface area contributed by atoms with Gasteiger partial charge in [0, 0.05) is 38.5 Å². The van der Waals surface area contributed by atoms with Crippen molar-refractivity contribution < 1.29 is 19.1 Å². The molecule has 5 rings (SSSR count). The first-order chi connectivity index (χ1) is 21.9. The molecule has 0 saturated heterocycles. The Bertz CT molecular complexity index is 1800. The second-order valence-electron chi connectivity index (χ2n) is 10.7. The van der Waals surface area contributed by atoms with E-state index in [0.717, 1.165) is 27.5 Å². The van der Waals surface area contributed by atoms with Crippen LogP contribution in [0.25, 0.3) is 10.8 Å². The number of fused-ring (bicyclic) bond motifs is 1. The Morgan fingerprint density at radius 2 is 1.51 bits per heavy atom. The Morgan fingerprint density at radius 1 is 0.778 bits per heavy atom. The van der Waals surface area contributed by atoms with Gasteiger partial charge in [-0.25, -0.2) is 0 Å². The van der Waals surface area contributed by atoms with Gasteiger partial charge in [0.2, 0.25) is 17.7 Å². The molecule has 8 heteroatoms. The zero-order valence-electron chi connectivity index (χ0n) is 25.2. The first-order valence-corrected chi connectivity index (χ1v) is 14.9. The summed E-state index contributed by atoms with van der Waals surface area (Å²) in [5, 5.41) is 7.92. The van der Waals surface area contributed by atoms with Gasteiger partial charge in [-0.1, -0.05) is 78.9 Å². The highest BCUT2D eigenvalue weighted by Gasteiger charge is 2.21. The van der Waals surface area contributed by atoms with Gasteiger partial charge in [-0.2, -0.15) is 0 Å². The Labute approximate surface area is 262 Å². The van der Waals surface area contributed by atoms with Gasteiger partial charge in [0.25, 0.3) is 0 Å². The lowest BCUT2D eigenvalue weighted by Crippen LogP contribution is -2.32. The number of nitrogens with two attached hydrogens (primary N) is 1. The van der Waals surface area contributed by atoms with E-state index in [9.17, 15) is 14.4 Å². The average Bonchev–Trinajstić information content (AvgIpc) is 3.06. The molecule has 228 valence electrons. The summed E-state index contributed by atoms with van der Waals surface area (Å²) >= 11 is 0. The quantitative estimate of drug-likeness (QED) is 0.148. The van der Waals surface area contributed by atoms with E-state index in [1.165, 1.54) is 6.92 Å². The van der Waals surface area contributed by atoms with Crippen LogP contribution in [0.5, 0.6) is 11.5 Å². The van der Waals surface area contributed by atoms with E-state index in [1.54, 1.807) is 17.0 Å². The zero-order valence-corrected chi connectivity index (χ0v) is 25.2. The monoisotopic (exact) mass is 600 g/mol. The molecule has 0 fully saturated rings. The van der Waals surface area contributed by atoms with Gasteiger partial charge >= 0.3 is 0 Å². The summed E-state index contributed by atoms with van der Waals surface area (Å²) < 4.78 is 6.26. The number of carbonyl (C=O) groups excluding carboxylic acids is 3. The molecule has 8 nitrogen and oxygen atoms in total. The van der Waals surface area contributed by atoms with Gasteiger partial charge in [0.05, 0.1) is 12.2 Å². The zero-order chi connectivity index (χ0) is 31.6.